The average Bonchev–Trinajstić information content (AvgIpc) is 2.44. The predicted octanol–water partition coefficient (Wildman–Crippen LogP) is 2.54. The maximum Gasteiger partial charge on any atom is 0.228 e. The zero-order chi connectivity index (χ0) is 14.0. The van der Waals surface area contributed by atoms with Gasteiger partial charge in [0.15, 0.2) is 0 Å². The van der Waals surface area contributed by atoms with Gasteiger partial charge >= 0.3 is 0 Å². The van der Waals surface area contributed by atoms with E-state index in [1.165, 1.54) is 20.6 Å². The van der Waals surface area contributed by atoms with Crippen LogP contribution in [0.4, 0.5) is 0 Å². The van der Waals surface area contributed by atoms with Gasteiger partial charge in [-0.05, 0) is 25.7 Å². The molecule has 0 atom stereocenters. The molecule has 0 radical (unpaired) electrons. The van der Waals surface area contributed by atoms with Crippen LogP contribution in [-0.2, 0) is 19.1 Å². The highest BCUT2D eigenvalue weighted by Crippen LogP contribution is 2.37. The Morgan fingerprint density at radius 3 is 1.95 bits per heavy atom. The van der Waals surface area contributed by atoms with Crippen molar-refractivity contribution in [1.29, 1.82) is 0 Å². The summed E-state index contributed by atoms with van der Waals surface area (Å²) in [5, 5.41) is 0. The van der Waals surface area contributed by atoms with Gasteiger partial charge in [-0.3, -0.25) is 9.59 Å². The third-order valence-corrected chi connectivity index (χ3v) is 4.03. The summed E-state index contributed by atoms with van der Waals surface area (Å²) in [5.74, 6) is -0.125. The number of carbonyl (C=O) groups is 2. The molecule has 19 heavy (non-hydrogen) atoms. The van der Waals surface area contributed by atoms with Gasteiger partial charge in [-0.15, -0.1) is 0 Å². The maximum absolute atomic E-state index is 12.5. The normalized spacial score (nSPS) is 22.1. The van der Waals surface area contributed by atoms with E-state index in [-0.39, 0.29) is 29.0 Å². The minimum atomic E-state index is -0.223. The van der Waals surface area contributed by atoms with Crippen molar-refractivity contribution in [3.05, 3.63) is 22.7 Å². The van der Waals surface area contributed by atoms with Gasteiger partial charge in [-0.1, -0.05) is 19.3 Å². The Bertz CT molecular complexity index is 465. The zero-order valence-electron chi connectivity index (χ0n) is 11.7. The standard InChI is InChI=1S/C15H20O4/c1-9-11(10-7-5-4-6-8-10)13(17)15(19-3)14(18-2)12(9)16/h10H,4-8H2,1-3H3. The van der Waals surface area contributed by atoms with Crippen LogP contribution < -0.4 is 0 Å². The van der Waals surface area contributed by atoms with Crippen molar-refractivity contribution in [1.82, 2.24) is 0 Å². The number of rotatable bonds is 3. The van der Waals surface area contributed by atoms with E-state index in [0.717, 1.165) is 25.7 Å². The lowest BCUT2D eigenvalue weighted by molar-refractivity contribution is -0.121. The van der Waals surface area contributed by atoms with E-state index >= 15 is 0 Å². The fraction of sp³-hybridized carbons (Fsp3) is 0.600. The summed E-state index contributed by atoms with van der Waals surface area (Å²) in [4.78, 5) is 24.8. The molecular weight excluding hydrogens is 244 g/mol. The third kappa shape index (κ3) is 2.31. The molecule has 0 aliphatic heterocycles. The molecule has 2 rings (SSSR count). The van der Waals surface area contributed by atoms with Gasteiger partial charge < -0.3 is 9.47 Å². The minimum absolute atomic E-state index is 0.0320. The fourth-order valence-corrected chi connectivity index (χ4v) is 3.05. The second-order valence-corrected chi connectivity index (χ2v) is 5.10. The van der Waals surface area contributed by atoms with Gasteiger partial charge in [0.1, 0.15) is 0 Å². The predicted molar refractivity (Wildman–Crippen MR) is 70.3 cm³/mol. The number of allylic oxidation sites excluding steroid dienone is 2. The van der Waals surface area contributed by atoms with Gasteiger partial charge in [-0.25, -0.2) is 0 Å². The lowest BCUT2D eigenvalue weighted by atomic mass is 9.77. The highest BCUT2D eigenvalue weighted by molar-refractivity contribution is 6.23. The minimum Gasteiger partial charge on any atom is -0.489 e. The first kappa shape index (κ1) is 13.8. The van der Waals surface area contributed by atoms with Gasteiger partial charge in [0.05, 0.1) is 14.2 Å². The molecule has 0 aromatic carbocycles. The molecule has 4 heteroatoms. The van der Waals surface area contributed by atoms with E-state index in [0.29, 0.717) is 11.1 Å². The SMILES string of the molecule is COC1=C(OC)C(=O)C(C2CCCCC2)=C(C)C1=O. The van der Waals surface area contributed by atoms with Crippen molar-refractivity contribution in [2.45, 2.75) is 39.0 Å². The number of ether oxygens (including phenoxy) is 2. The Labute approximate surface area is 113 Å². The van der Waals surface area contributed by atoms with Crippen molar-refractivity contribution < 1.29 is 19.1 Å². The van der Waals surface area contributed by atoms with Crippen LogP contribution in [0.25, 0.3) is 0 Å². The van der Waals surface area contributed by atoms with Crippen LogP contribution in [0.1, 0.15) is 39.0 Å². The first-order valence-electron chi connectivity index (χ1n) is 6.74. The number of hydrogen-bond acceptors (Lipinski definition) is 4. The second-order valence-electron chi connectivity index (χ2n) is 5.10. The van der Waals surface area contributed by atoms with Crippen molar-refractivity contribution in [3.8, 4) is 0 Å². The molecule has 0 heterocycles. The van der Waals surface area contributed by atoms with Gasteiger partial charge in [0.2, 0.25) is 23.1 Å². The van der Waals surface area contributed by atoms with E-state index in [4.69, 9.17) is 9.47 Å². The second kappa shape index (κ2) is 5.59. The Kier molecular flexibility index (Phi) is 4.08. The number of hydrogen-bond donors (Lipinski definition) is 0. The maximum atomic E-state index is 12.5. The Hall–Kier alpha value is -1.58. The molecule has 0 bridgehead atoms. The van der Waals surface area contributed by atoms with Crippen LogP contribution in [0.2, 0.25) is 0 Å². The Balaban J connectivity index is 2.41. The molecule has 0 saturated heterocycles. The van der Waals surface area contributed by atoms with Crippen LogP contribution in [0, 0.1) is 5.92 Å². The molecule has 104 valence electrons. The van der Waals surface area contributed by atoms with Gasteiger partial charge in [0.25, 0.3) is 0 Å². The number of ketones is 2. The van der Waals surface area contributed by atoms with Crippen molar-refractivity contribution in [2.75, 3.05) is 14.2 Å². The molecule has 2 aliphatic carbocycles. The lowest BCUT2D eigenvalue weighted by Crippen LogP contribution is -2.29. The summed E-state index contributed by atoms with van der Waals surface area (Å²) in [6.07, 6.45) is 5.40. The quantitative estimate of drug-likeness (QED) is 0.735. The van der Waals surface area contributed by atoms with Crippen LogP contribution in [-0.4, -0.2) is 25.8 Å². The molecule has 2 aliphatic rings. The van der Waals surface area contributed by atoms with E-state index in [9.17, 15) is 9.59 Å². The summed E-state index contributed by atoms with van der Waals surface area (Å²) in [6, 6.07) is 0. The molecule has 0 spiro atoms. The molecule has 1 saturated carbocycles. The van der Waals surface area contributed by atoms with E-state index in [1.807, 2.05) is 0 Å². The monoisotopic (exact) mass is 264 g/mol. The van der Waals surface area contributed by atoms with E-state index < -0.39 is 0 Å². The number of methoxy groups -OCH3 is 2. The van der Waals surface area contributed by atoms with Crippen LogP contribution in [0.3, 0.4) is 0 Å². The largest absolute Gasteiger partial charge is 0.489 e. The Morgan fingerprint density at radius 1 is 0.895 bits per heavy atom. The van der Waals surface area contributed by atoms with Gasteiger partial charge in [0, 0.05) is 11.1 Å². The van der Waals surface area contributed by atoms with Crippen LogP contribution >= 0.6 is 0 Å². The summed E-state index contributed by atoms with van der Waals surface area (Å²) in [7, 11) is 2.79. The van der Waals surface area contributed by atoms with Crippen molar-refractivity contribution >= 4 is 11.6 Å². The van der Waals surface area contributed by atoms with Crippen molar-refractivity contribution in [3.63, 3.8) is 0 Å². The molecular formula is C15H20O4. The molecule has 0 N–H and O–H groups in total. The van der Waals surface area contributed by atoms with Crippen LogP contribution in [0.15, 0.2) is 22.7 Å². The molecule has 1 fully saturated rings. The number of Topliss-reactive ketones (excluding diaryl/α,β-unsaturated/α-hetero) is 2. The topological polar surface area (TPSA) is 52.6 Å². The van der Waals surface area contributed by atoms with Crippen molar-refractivity contribution in [2.24, 2.45) is 5.92 Å². The molecule has 0 aromatic rings. The smallest absolute Gasteiger partial charge is 0.228 e. The first-order chi connectivity index (χ1) is 9.11. The molecule has 0 amide bonds. The fourth-order valence-electron chi connectivity index (χ4n) is 3.05. The lowest BCUT2D eigenvalue weighted by Gasteiger charge is -2.28. The summed E-state index contributed by atoms with van der Waals surface area (Å²) in [6.45, 7) is 1.72. The van der Waals surface area contributed by atoms with Crippen LogP contribution in [0.5, 0.6) is 0 Å². The highest BCUT2D eigenvalue weighted by atomic mass is 16.5. The highest BCUT2D eigenvalue weighted by Gasteiger charge is 2.38. The molecule has 0 unspecified atom stereocenters. The van der Waals surface area contributed by atoms with E-state index in [1.54, 1.807) is 6.92 Å². The number of carbonyl (C=O) groups excluding carboxylic acids is 2. The third-order valence-electron chi connectivity index (χ3n) is 4.03. The summed E-state index contributed by atoms with van der Waals surface area (Å²) in [5.41, 5.74) is 1.16. The Morgan fingerprint density at radius 2 is 1.42 bits per heavy atom. The first-order valence-corrected chi connectivity index (χ1v) is 6.74. The van der Waals surface area contributed by atoms with Gasteiger partial charge in [-0.2, -0.15) is 0 Å². The summed E-state index contributed by atoms with van der Waals surface area (Å²) < 4.78 is 10.1. The average molecular weight is 264 g/mol. The zero-order valence-corrected chi connectivity index (χ0v) is 11.7. The van der Waals surface area contributed by atoms with E-state index in [2.05, 4.69) is 0 Å². The molecule has 0 aromatic heterocycles. The molecule has 4 nitrogen and oxygen atoms in total. The summed E-state index contributed by atoms with van der Waals surface area (Å²) >= 11 is 0.